The maximum atomic E-state index is 13.4. The number of benzene rings is 2. The zero-order valence-electron chi connectivity index (χ0n) is 11.7. The number of halogens is 1. The topological polar surface area (TPSA) is 98.5 Å². The average Bonchev–Trinajstić information content (AvgIpc) is 2.54. The van der Waals surface area contributed by atoms with Crippen molar-refractivity contribution < 1.29 is 23.6 Å². The maximum Gasteiger partial charge on any atom is 0.270 e. The fourth-order valence-electron chi connectivity index (χ4n) is 1.77. The van der Waals surface area contributed by atoms with E-state index in [2.05, 4.69) is 5.32 Å². The quantitative estimate of drug-likeness (QED) is 0.501. The molecule has 1 N–H and O–H groups in total. The minimum Gasteiger partial charge on any atom is -0.483 e. The van der Waals surface area contributed by atoms with Crippen molar-refractivity contribution >= 4 is 23.6 Å². The van der Waals surface area contributed by atoms with E-state index < -0.39 is 23.3 Å². The Morgan fingerprint density at radius 3 is 2.70 bits per heavy atom. The molecule has 0 aliphatic rings. The number of nitro groups is 1. The van der Waals surface area contributed by atoms with Crippen molar-refractivity contribution in [1.82, 2.24) is 0 Å². The lowest BCUT2D eigenvalue weighted by atomic mass is 10.2. The number of hydrogen-bond acceptors (Lipinski definition) is 5. The highest BCUT2D eigenvalue weighted by atomic mass is 19.1. The Labute approximate surface area is 129 Å². The largest absolute Gasteiger partial charge is 0.483 e. The molecule has 7 nitrogen and oxygen atoms in total. The molecule has 23 heavy (non-hydrogen) atoms. The molecule has 2 rings (SSSR count). The van der Waals surface area contributed by atoms with Gasteiger partial charge in [-0.15, -0.1) is 0 Å². The fraction of sp³-hybridized carbons (Fsp3) is 0.0667. The highest BCUT2D eigenvalue weighted by Crippen LogP contribution is 2.22. The molecule has 0 radical (unpaired) electrons. The number of non-ortho nitro benzene ring substituents is 1. The van der Waals surface area contributed by atoms with Crippen LogP contribution in [-0.2, 0) is 4.79 Å². The number of hydrogen-bond donors (Lipinski definition) is 1. The molecule has 0 heterocycles. The second-order valence-corrected chi connectivity index (χ2v) is 4.41. The van der Waals surface area contributed by atoms with E-state index in [-0.39, 0.29) is 22.7 Å². The summed E-state index contributed by atoms with van der Waals surface area (Å²) in [6.45, 7) is -0.479. The van der Waals surface area contributed by atoms with E-state index in [9.17, 15) is 24.1 Å². The smallest absolute Gasteiger partial charge is 0.270 e. The number of nitrogens with zero attached hydrogens (tertiary/aromatic N) is 1. The molecule has 0 aromatic heterocycles. The van der Waals surface area contributed by atoms with E-state index in [1.807, 2.05) is 0 Å². The van der Waals surface area contributed by atoms with Crippen LogP contribution >= 0.6 is 0 Å². The van der Waals surface area contributed by atoms with Crippen LogP contribution in [0.2, 0.25) is 0 Å². The molecule has 0 saturated carbocycles. The zero-order valence-corrected chi connectivity index (χ0v) is 11.7. The summed E-state index contributed by atoms with van der Waals surface area (Å²) in [5.74, 6) is -1.20. The van der Waals surface area contributed by atoms with Gasteiger partial charge < -0.3 is 10.1 Å². The van der Waals surface area contributed by atoms with Gasteiger partial charge in [-0.1, -0.05) is 12.1 Å². The highest BCUT2D eigenvalue weighted by Gasteiger charge is 2.13. The van der Waals surface area contributed by atoms with Gasteiger partial charge in [0.1, 0.15) is 11.6 Å². The standard InChI is InChI=1S/C15H11FN2O5/c16-12-3-1-2-4-13(12)17-15(20)9-23-14-6-5-11(18(21)22)7-10(14)8-19/h1-8H,9H2,(H,17,20). The molecule has 2 aromatic rings. The first-order valence-corrected chi connectivity index (χ1v) is 6.42. The summed E-state index contributed by atoms with van der Waals surface area (Å²) < 4.78 is 18.5. The lowest BCUT2D eigenvalue weighted by Crippen LogP contribution is -2.21. The maximum absolute atomic E-state index is 13.4. The van der Waals surface area contributed by atoms with Crippen molar-refractivity contribution in [3.8, 4) is 5.75 Å². The molecule has 118 valence electrons. The van der Waals surface area contributed by atoms with Crippen LogP contribution in [0.3, 0.4) is 0 Å². The molecule has 0 aliphatic heterocycles. The average molecular weight is 318 g/mol. The summed E-state index contributed by atoms with van der Waals surface area (Å²) in [5, 5.41) is 12.9. The van der Waals surface area contributed by atoms with Crippen LogP contribution in [0, 0.1) is 15.9 Å². The number of amides is 1. The van der Waals surface area contributed by atoms with Crippen LogP contribution < -0.4 is 10.1 Å². The van der Waals surface area contributed by atoms with Gasteiger partial charge >= 0.3 is 0 Å². The third-order valence-electron chi connectivity index (χ3n) is 2.84. The third kappa shape index (κ3) is 4.10. The molecule has 8 heteroatoms. The van der Waals surface area contributed by atoms with Gasteiger partial charge in [-0.05, 0) is 18.2 Å². The van der Waals surface area contributed by atoms with Gasteiger partial charge in [-0.2, -0.15) is 0 Å². The van der Waals surface area contributed by atoms with Gasteiger partial charge in [-0.3, -0.25) is 19.7 Å². The molecule has 0 atom stereocenters. The molecule has 0 spiro atoms. The number of nitrogens with one attached hydrogen (secondary N) is 1. The summed E-state index contributed by atoms with van der Waals surface area (Å²) in [6.07, 6.45) is 0.386. The number of carbonyl (C=O) groups is 2. The van der Waals surface area contributed by atoms with Crippen molar-refractivity contribution in [1.29, 1.82) is 0 Å². The van der Waals surface area contributed by atoms with Crippen LogP contribution in [0.5, 0.6) is 5.75 Å². The van der Waals surface area contributed by atoms with E-state index >= 15 is 0 Å². The van der Waals surface area contributed by atoms with E-state index in [0.717, 1.165) is 12.1 Å². The Kier molecular flexibility index (Phi) is 4.98. The molecular weight excluding hydrogens is 307 g/mol. The van der Waals surface area contributed by atoms with Gasteiger partial charge in [0.05, 0.1) is 16.2 Å². The summed E-state index contributed by atoms with van der Waals surface area (Å²) in [4.78, 5) is 32.6. The Balaban J connectivity index is 2.03. The molecule has 0 unspecified atom stereocenters. The molecule has 0 fully saturated rings. The first-order chi connectivity index (χ1) is 11.0. The van der Waals surface area contributed by atoms with Gasteiger partial charge in [0.2, 0.25) is 0 Å². The second-order valence-electron chi connectivity index (χ2n) is 4.41. The molecular formula is C15H11FN2O5. The van der Waals surface area contributed by atoms with E-state index in [1.165, 1.54) is 24.3 Å². The van der Waals surface area contributed by atoms with Crippen LogP contribution in [0.4, 0.5) is 15.8 Å². The lowest BCUT2D eigenvalue weighted by Gasteiger charge is -2.09. The van der Waals surface area contributed by atoms with Crippen molar-refractivity contribution in [2.75, 3.05) is 11.9 Å². The van der Waals surface area contributed by atoms with Crippen molar-refractivity contribution in [2.45, 2.75) is 0 Å². The molecule has 1 amide bonds. The minimum absolute atomic E-state index is 0.000380. The Hall–Kier alpha value is -3.29. The normalized spacial score (nSPS) is 9.96. The molecule has 0 aliphatic carbocycles. The number of para-hydroxylation sites is 1. The Morgan fingerprint density at radius 1 is 1.30 bits per heavy atom. The first-order valence-electron chi connectivity index (χ1n) is 6.42. The van der Waals surface area contributed by atoms with Gasteiger partial charge in [-0.25, -0.2) is 4.39 Å². The van der Waals surface area contributed by atoms with Gasteiger partial charge in [0.25, 0.3) is 11.6 Å². The number of rotatable bonds is 6. The van der Waals surface area contributed by atoms with Crippen molar-refractivity contribution in [3.63, 3.8) is 0 Å². The summed E-state index contributed by atoms with van der Waals surface area (Å²) in [7, 11) is 0. The van der Waals surface area contributed by atoms with Crippen LogP contribution in [0.25, 0.3) is 0 Å². The first kappa shape index (κ1) is 16.1. The number of aldehydes is 1. The monoisotopic (exact) mass is 318 g/mol. The summed E-state index contributed by atoms with van der Waals surface area (Å²) in [5.41, 5.74) is -0.325. The Morgan fingerprint density at radius 2 is 2.04 bits per heavy atom. The number of ether oxygens (including phenoxy) is 1. The third-order valence-corrected chi connectivity index (χ3v) is 2.84. The predicted molar refractivity (Wildman–Crippen MR) is 79.0 cm³/mol. The van der Waals surface area contributed by atoms with Crippen LogP contribution in [0.1, 0.15) is 10.4 Å². The van der Waals surface area contributed by atoms with Crippen molar-refractivity contribution in [3.05, 3.63) is 64.0 Å². The summed E-state index contributed by atoms with van der Waals surface area (Å²) in [6, 6.07) is 9.02. The summed E-state index contributed by atoms with van der Waals surface area (Å²) >= 11 is 0. The number of carbonyl (C=O) groups excluding carboxylic acids is 2. The Bertz CT molecular complexity index is 763. The number of nitro benzene ring substituents is 1. The van der Waals surface area contributed by atoms with E-state index in [0.29, 0.717) is 6.29 Å². The molecule has 0 saturated heterocycles. The van der Waals surface area contributed by atoms with Gasteiger partial charge in [0, 0.05) is 12.1 Å². The fourth-order valence-corrected chi connectivity index (χ4v) is 1.77. The predicted octanol–water partition coefficient (Wildman–Crippen LogP) is 2.56. The minimum atomic E-state index is -0.651. The lowest BCUT2D eigenvalue weighted by molar-refractivity contribution is -0.384. The van der Waals surface area contributed by atoms with Crippen molar-refractivity contribution in [2.24, 2.45) is 0 Å². The second kappa shape index (κ2) is 7.12. The van der Waals surface area contributed by atoms with Gasteiger partial charge in [0.15, 0.2) is 12.9 Å². The van der Waals surface area contributed by atoms with Crippen LogP contribution in [0.15, 0.2) is 42.5 Å². The van der Waals surface area contributed by atoms with E-state index in [1.54, 1.807) is 6.07 Å². The van der Waals surface area contributed by atoms with E-state index in [4.69, 9.17) is 4.74 Å². The molecule has 2 aromatic carbocycles. The zero-order chi connectivity index (χ0) is 16.8. The number of anilines is 1. The molecule has 0 bridgehead atoms. The van der Waals surface area contributed by atoms with Crippen LogP contribution in [-0.4, -0.2) is 23.7 Å². The highest BCUT2D eigenvalue weighted by molar-refractivity contribution is 5.92. The SMILES string of the molecule is O=Cc1cc([N+](=O)[O-])ccc1OCC(=O)Nc1ccccc1F.